The van der Waals surface area contributed by atoms with E-state index in [1.807, 2.05) is 0 Å². The third-order valence-electron chi connectivity index (χ3n) is 2.77. The number of benzene rings is 1. The standard InChI is InChI=1S/C14H21NO4/c1-17-13-8-11(19-7-5-3-4-6-16)9-14(18-2)12(13)10-15/h6,8-9H,3-5,7,10,15H2,1-2H3. The minimum Gasteiger partial charge on any atom is -0.496 e. The van der Waals surface area contributed by atoms with E-state index in [1.54, 1.807) is 26.4 Å². The number of aldehydes is 1. The molecule has 0 aliphatic rings. The summed E-state index contributed by atoms with van der Waals surface area (Å²) in [6.07, 6.45) is 3.16. The first-order chi connectivity index (χ1) is 9.26. The van der Waals surface area contributed by atoms with Crippen LogP contribution in [0.2, 0.25) is 0 Å². The summed E-state index contributed by atoms with van der Waals surface area (Å²) in [5.41, 5.74) is 6.49. The second-order valence-electron chi connectivity index (χ2n) is 4.02. The highest BCUT2D eigenvalue weighted by Gasteiger charge is 2.11. The van der Waals surface area contributed by atoms with Gasteiger partial charge in [0.25, 0.3) is 0 Å². The maximum Gasteiger partial charge on any atom is 0.130 e. The largest absolute Gasteiger partial charge is 0.496 e. The van der Waals surface area contributed by atoms with E-state index in [9.17, 15) is 4.79 Å². The van der Waals surface area contributed by atoms with Crippen LogP contribution in [0.25, 0.3) is 0 Å². The molecule has 0 aliphatic carbocycles. The van der Waals surface area contributed by atoms with Gasteiger partial charge in [-0.05, 0) is 12.8 Å². The van der Waals surface area contributed by atoms with Crippen LogP contribution in [-0.2, 0) is 11.3 Å². The first-order valence-corrected chi connectivity index (χ1v) is 6.28. The predicted octanol–water partition coefficient (Wildman–Crippen LogP) is 1.91. The summed E-state index contributed by atoms with van der Waals surface area (Å²) in [7, 11) is 3.17. The molecule has 2 N–H and O–H groups in total. The van der Waals surface area contributed by atoms with Crippen LogP contribution in [-0.4, -0.2) is 27.1 Å². The second-order valence-corrected chi connectivity index (χ2v) is 4.02. The van der Waals surface area contributed by atoms with Crippen LogP contribution in [0.4, 0.5) is 0 Å². The van der Waals surface area contributed by atoms with Crippen molar-refractivity contribution in [1.82, 2.24) is 0 Å². The number of nitrogens with two attached hydrogens (primary N) is 1. The Balaban J connectivity index is 2.70. The summed E-state index contributed by atoms with van der Waals surface area (Å²) in [5, 5.41) is 0. The molecule has 0 amide bonds. The fourth-order valence-electron chi connectivity index (χ4n) is 1.76. The van der Waals surface area contributed by atoms with Gasteiger partial charge in [-0.3, -0.25) is 0 Å². The van der Waals surface area contributed by atoms with Crippen LogP contribution in [0.5, 0.6) is 17.2 Å². The zero-order valence-electron chi connectivity index (χ0n) is 11.5. The van der Waals surface area contributed by atoms with Crippen molar-refractivity contribution >= 4 is 6.29 Å². The van der Waals surface area contributed by atoms with E-state index in [-0.39, 0.29) is 0 Å². The van der Waals surface area contributed by atoms with Crippen molar-refractivity contribution in [3.8, 4) is 17.2 Å². The Hall–Kier alpha value is -1.75. The van der Waals surface area contributed by atoms with E-state index >= 15 is 0 Å². The molecule has 0 heterocycles. The third-order valence-corrected chi connectivity index (χ3v) is 2.77. The van der Waals surface area contributed by atoms with E-state index in [1.165, 1.54) is 0 Å². The van der Waals surface area contributed by atoms with Gasteiger partial charge in [0.1, 0.15) is 23.5 Å². The Bertz CT molecular complexity index is 381. The van der Waals surface area contributed by atoms with Gasteiger partial charge in [0.05, 0.1) is 20.8 Å². The van der Waals surface area contributed by atoms with Gasteiger partial charge >= 0.3 is 0 Å². The van der Waals surface area contributed by atoms with Gasteiger partial charge in [-0.15, -0.1) is 0 Å². The molecule has 106 valence electrons. The van der Waals surface area contributed by atoms with Crippen molar-refractivity contribution in [2.24, 2.45) is 5.73 Å². The Labute approximate surface area is 113 Å². The molecule has 0 radical (unpaired) electrons. The van der Waals surface area contributed by atoms with Crippen LogP contribution in [0.3, 0.4) is 0 Å². The highest BCUT2D eigenvalue weighted by molar-refractivity contribution is 5.50. The SMILES string of the molecule is COc1cc(OCCCCC=O)cc(OC)c1CN. The molecule has 0 aromatic heterocycles. The van der Waals surface area contributed by atoms with E-state index < -0.39 is 0 Å². The fraction of sp³-hybridized carbons (Fsp3) is 0.500. The quantitative estimate of drug-likeness (QED) is 0.546. The Morgan fingerprint density at radius 3 is 2.26 bits per heavy atom. The van der Waals surface area contributed by atoms with E-state index in [2.05, 4.69) is 0 Å². The van der Waals surface area contributed by atoms with Crippen molar-refractivity contribution < 1.29 is 19.0 Å². The van der Waals surface area contributed by atoms with Gasteiger partial charge < -0.3 is 24.7 Å². The summed E-state index contributed by atoms with van der Waals surface area (Å²) < 4.78 is 16.2. The Morgan fingerprint density at radius 1 is 1.16 bits per heavy atom. The highest BCUT2D eigenvalue weighted by Crippen LogP contribution is 2.33. The topological polar surface area (TPSA) is 70.8 Å². The number of carbonyl (C=O) groups is 1. The second kappa shape index (κ2) is 8.37. The summed E-state index contributed by atoms with van der Waals surface area (Å²) >= 11 is 0. The normalized spacial score (nSPS) is 10.1. The molecule has 1 aromatic rings. The van der Waals surface area contributed by atoms with Gasteiger partial charge in [0.15, 0.2) is 0 Å². The number of hydrogen-bond acceptors (Lipinski definition) is 5. The lowest BCUT2D eigenvalue weighted by Crippen LogP contribution is -2.04. The van der Waals surface area contributed by atoms with Gasteiger partial charge in [-0.1, -0.05) is 0 Å². The lowest BCUT2D eigenvalue weighted by Gasteiger charge is -2.14. The molecule has 0 atom stereocenters. The third kappa shape index (κ3) is 4.44. The summed E-state index contributed by atoms with van der Waals surface area (Å²) in [6.45, 7) is 0.897. The molecule has 0 aliphatic heterocycles. The minimum atomic E-state index is 0.339. The monoisotopic (exact) mass is 267 g/mol. The number of hydrogen-bond donors (Lipinski definition) is 1. The first kappa shape index (κ1) is 15.3. The molecule has 19 heavy (non-hydrogen) atoms. The summed E-state index contributed by atoms with van der Waals surface area (Å²) in [5.74, 6) is 1.99. The van der Waals surface area contributed by atoms with Crippen LogP contribution in [0, 0.1) is 0 Å². The molecule has 5 heteroatoms. The average Bonchev–Trinajstić information content (AvgIpc) is 2.45. The highest BCUT2D eigenvalue weighted by atomic mass is 16.5. The molecule has 0 saturated heterocycles. The lowest BCUT2D eigenvalue weighted by molar-refractivity contribution is -0.107. The zero-order valence-corrected chi connectivity index (χ0v) is 11.5. The smallest absolute Gasteiger partial charge is 0.130 e. The number of ether oxygens (including phenoxy) is 3. The fourth-order valence-corrected chi connectivity index (χ4v) is 1.76. The molecule has 0 unspecified atom stereocenters. The molecular formula is C14H21NO4. The molecule has 1 aromatic carbocycles. The molecule has 0 spiro atoms. The van der Waals surface area contributed by atoms with E-state index in [0.717, 1.165) is 24.7 Å². The summed E-state index contributed by atoms with van der Waals surface area (Å²) in [6, 6.07) is 3.59. The minimum absolute atomic E-state index is 0.339. The van der Waals surface area contributed by atoms with Gasteiger partial charge in [-0.25, -0.2) is 0 Å². The van der Waals surface area contributed by atoms with Gasteiger partial charge in [-0.2, -0.15) is 0 Å². The van der Waals surface area contributed by atoms with E-state index in [4.69, 9.17) is 19.9 Å². The average molecular weight is 267 g/mol. The molecule has 0 fully saturated rings. The van der Waals surface area contributed by atoms with Crippen molar-refractivity contribution in [1.29, 1.82) is 0 Å². The maximum absolute atomic E-state index is 10.2. The van der Waals surface area contributed by atoms with Crippen LogP contribution >= 0.6 is 0 Å². The predicted molar refractivity (Wildman–Crippen MR) is 72.8 cm³/mol. The lowest BCUT2D eigenvalue weighted by atomic mass is 10.1. The van der Waals surface area contributed by atoms with Crippen molar-refractivity contribution in [3.05, 3.63) is 17.7 Å². The molecular weight excluding hydrogens is 246 g/mol. The van der Waals surface area contributed by atoms with Crippen molar-refractivity contribution in [3.63, 3.8) is 0 Å². The molecule has 1 rings (SSSR count). The van der Waals surface area contributed by atoms with Gasteiger partial charge in [0, 0.05) is 30.7 Å². The first-order valence-electron chi connectivity index (χ1n) is 6.28. The number of rotatable bonds is 9. The number of carbonyl (C=O) groups excluding carboxylic acids is 1. The van der Waals surface area contributed by atoms with Crippen molar-refractivity contribution in [2.75, 3.05) is 20.8 Å². The summed E-state index contributed by atoms with van der Waals surface area (Å²) in [4.78, 5) is 10.2. The van der Waals surface area contributed by atoms with Crippen LogP contribution < -0.4 is 19.9 Å². The Kier molecular flexibility index (Phi) is 6.74. The van der Waals surface area contributed by atoms with Crippen LogP contribution in [0.1, 0.15) is 24.8 Å². The van der Waals surface area contributed by atoms with Crippen molar-refractivity contribution in [2.45, 2.75) is 25.8 Å². The molecule has 0 saturated carbocycles. The zero-order chi connectivity index (χ0) is 14.1. The maximum atomic E-state index is 10.2. The van der Waals surface area contributed by atoms with E-state index in [0.29, 0.717) is 36.8 Å². The molecule has 0 bridgehead atoms. The van der Waals surface area contributed by atoms with Crippen LogP contribution in [0.15, 0.2) is 12.1 Å². The molecule has 5 nitrogen and oxygen atoms in total. The van der Waals surface area contributed by atoms with Gasteiger partial charge in [0.2, 0.25) is 0 Å². The number of unbranched alkanes of at least 4 members (excludes halogenated alkanes) is 2. The Morgan fingerprint density at radius 2 is 1.79 bits per heavy atom. The number of methoxy groups -OCH3 is 2.